The number of rotatable bonds is 2. The van der Waals surface area contributed by atoms with Crippen molar-refractivity contribution in [3.05, 3.63) is 33.3 Å². The van der Waals surface area contributed by atoms with Crippen LogP contribution in [0.5, 0.6) is 0 Å². The number of amides is 3. The third kappa shape index (κ3) is 3.02. The predicted octanol–water partition coefficient (Wildman–Crippen LogP) is 1.98. The van der Waals surface area contributed by atoms with Crippen LogP contribution in [-0.2, 0) is 9.59 Å². The molecule has 0 spiro atoms. The van der Waals surface area contributed by atoms with Crippen LogP contribution in [0.2, 0.25) is 5.02 Å². The van der Waals surface area contributed by atoms with Gasteiger partial charge in [-0.15, -0.1) is 0 Å². The summed E-state index contributed by atoms with van der Waals surface area (Å²) in [5.41, 5.74) is 0.366. The smallest absolute Gasteiger partial charge is 0.251 e. The molecule has 1 aliphatic heterocycles. The van der Waals surface area contributed by atoms with Gasteiger partial charge in [0, 0.05) is 23.5 Å². The highest BCUT2D eigenvalue weighted by atomic mass is 79.9. The van der Waals surface area contributed by atoms with Crippen LogP contribution < -0.4 is 5.32 Å². The highest BCUT2D eigenvalue weighted by molar-refractivity contribution is 9.10. The van der Waals surface area contributed by atoms with Crippen molar-refractivity contribution in [1.82, 2.24) is 10.2 Å². The van der Waals surface area contributed by atoms with E-state index in [0.29, 0.717) is 21.5 Å². The molecule has 20 heavy (non-hydrogen) atoms. The van der Waals surface area contributed by atoms with Gasteiger partial charge in [-0.05, 0) is 40.5 Å². The van der Waals surface area contributed by atoms with Gasteiger partial charge in [-0.25, -0.2) is 0 Å². The van der Waals surface area contributed by atoms with Gasteiger partial charge in [-0.1, -0.05) is 11.6 Å². The first-order valence-corrected chi connectivity index (χ1v) is 7.13. The summed E-state index contributed by atoms with van der Waals surface area (Å²) < 4.78 is 0.690. The first-order valence-electron chi connectivity index (χ1n) is 5.96. The SMILES string of the molecule is CN1C(=O)CCC(NC(=O)c2ccc(Br)c(Cl)c2)C1=O. The molecule has 1 saturated heterocycles. The molecule has 106 valence electrons. The van der Waals surface area contributed by atoms with Gasteiger partial charge in [0.25, 0.3) is 11.8 Å². The third-order valence-electron chi connectivity index (χ3n) is 3.14. The summed E-state index contributed by atoms with van der Waals surface area (Å²) >= 11 is 9.16. The molecule has 1 N–H and O–H groups in total. The number of carbonyl (C=O) groups excluding carboxylic acids is 3. The van der Waals surface area contributed by atoms with Crippen LogP contribution in [0, 0.1) is 0 Å². The Morgan fingerprint density at radius 2 is 2.15 bits per heavy atom. The lowest BCUT2D eigenvalue weighted by Gasteiger charge is -2.28. The number of nitrogens with one attached hydrogen (secondary N) is 1. The maximum Gasteiger partial charge on any atom is 0.251 e. The lowest BCUT2D eigenvalue weighted by Crippen LogP contribution is -2.52. The second kappa shape index (κ2) is 5.93. The summed E-state index contributed by atoms with van der Waals surface area (Å²) in [5, 5.41) is 3.04. The normalized spacial score (nSPS) is 19.1. The van der Waals surface area contributed by atoms with Crippen LogP contribution in [0.1, 0.15) is 23.2 Å². The van der Waals surface area contributed by atoms with E-state index in [0.717, 1.165) is 4.90 Å². The third-order valence-corrected chi connectivity index (χ3v) is 4.37. The van der Waals surface area contributed by atoms with E-state index in [1.165, 1.54) is 13.1 Å². The standard InChI is InChI=1S/C13H12BrClN2O3/c1-17-11(18)5-4-10(13(17)20)16-12(19)7-2-3-8(14)9(15)6-7/h2-3,6,10H,4-5H2,1H3,(H,16,19). The van der Waals surface area contributed by atoms with E-state index in [-0.39, 0.29) is 18.2 Å². The molecule has 1 heterocycles. The molecule has 0 aromatic heterocycles. The Labute approximate surface area is 129 Å². The van der Waals surface area contributed by atoms with Crippen LogP contribution in [0.15, 0.2) is 22.7 Å². The van der Waals surface area contributed by atoms with E-state index in [1.54, 1.807) is 12.1 Å². The number of likely N-dealkylation sites (N-methyl/N-ethyl adjacent to an activating group) is 1. The Balaban J connectivity index is 2.09. The highest BCUT2D eigenvalue weighted by Crippen LogP contribution is 2.23. The number of benzene rings is 1. The van der Waals surface area contributed by atoms with Crippen molar-refractivity contribution in [3.8, 4) is 0 Å². The molecule has 1 fully saturated rings. The fourth-order valence-corrected chi connectivity index (χ4v) is 2.36. The van der Waals surface area contributed by atoms with Gasteiger partial charge < -0.3 is 5.32 Å². The molecule has 1 unspecified atom stereocenters. The lowest BCUT2D eigenvalue weighted by atomic mass is 10.0. The molecule has 0 aliphatic carbocycles. The molecular formula is C13H12BrClN2O3. The Morgan fingerprint density at radius 1 is 1.45 bits per heavy atom. The van der Waals surface area contributed by atoms with Crippen molar-refractivity contribution in [1.29, 1.82) is 0 Å². The number of likely N-dealkylation sites (tertiary alicyclic amines) is 1. The summed E-state index contributed by atoms with van der Waals surface area (Å²) in [5.74, 6) is -1.01. The quantitative estimate of drug-likeness (QED) is 0.821. The Kier molecular flexibility index (Phi) is 4.45. The van der Waals surface area contributed by atoms with Gasteiger partial charge >= 0.3 is 0 Å². The number of piperidine rings is 1. The number of imide groups is 1. The molecule has 3 amide bonds. The number of hydrogen-bond acceptors (Lipinski definition) is 3. The van der Waals surface area contributed by atoms with E-state index in [1.807, 2.05) is 0 Å². The van der Waals surface area contributed by atoms with Crippen molar-refractivity contribution in [2.24, 2.45) is 0 Å². The zero-order valence-corrected chi connectivity index (χ0v) is 13.0. The summed E-state index contributed by atoms with van der Waals surface area (Å²) in [6.07, 6.45) is 0.562. The average molecular weight is 360 g/mol. The second-order valence-corrected chi connectivity index (χ2v) is 5.75. The van der Waals surface area contributed by atoms with Crippen LogP contribution >= 0.6 is 27.5 Å². The Morgan fingerprint density at radius 3 is 2.80 bits per heavy atom. The Hall–Kier alpha value is -1.40. The minimum atomic E-state index is -0.673. The fraction of sp³-hybridized carbons (Fsp3) is 0.308. The van der Waals surface area contributed by atoms with Crippen LogP contribution in [-0.4, -0.2) is 35.7 Å². The monoisotopic (exact) mass is 358 g/mol. The van der Waals surface area contributed by atoms with Crippen LogP contribution in [0.25, 0.3) is 0 Å². The van der Waals surface area contributed by atoms with Crippen LogP contribution in [0.3, 0.4) is 0 Å². The molecule has 0 bridgehead atoms. The van der Waals surface area contributed by atoms with Gasteiger partial charge in [0.2, 0.25) is 5.91 Å². The van der Waals surface area contributed by atoms with Gasteiger partial charge in [-0.2, -0.15) is 0 Å². The minimum absolute atomic E-state index is 0.229. The minimum Gasteiger partial charge on any atom is -0.340 e. The molecule has 7 heteroatoms. The van der Waals surface area contributed by atoms with E-state index in [9.17, 15) is 14.4 Å². The zero-order chi connectivity index (χ0) is 14.9. The second-order valence-electron chi connectivity index (χ2n) is 4.48. The van der Waals surface area contributed by atoms with E-state index in [2.05, 4.69) is 21.2 Å². The summed E-state index contributed by atoms with van der Waals surface area (Å²) in [6, 6.07) is 4.11. The number of nitrogens with zero attached hydrogens (tertiary/aromatic N) is 1. The Bertz CT molecular complexity index is 591. The topological polar surface area (TPSA) is 66.5 Å². The number of halogens is 2. The summed E-state index contributed by atoms with van der Waals surface area (Å²) in [4.78, 5) is 36.4. The predicted molar refractivity (Wildman–Crippen MR) is 77.4 cm³/mol. The first kappa shape index (κ1) is 15.0. The summed E-state index contributed by atoms with van der Waals surface area (Å²) in [7, 11) is 1.42. The van der Waals surface area contributed by atoms with E-state index in [4.69, 9.17) is 11.6 Å². The molecule has 1 atom stereocenters. The highest BCUT2D eigenvalue weighted by Gasteiger charge is 2.32. The molecule has 0 saturated carbocycles. The van der Waals surface area contributed by atoms with Crippen molar-refractivity contribution >= 4 is 45.3 Å². The largest absolute Gasteiger partial charge is 0.340 e. The lowest BCUT2D eigenvalue weighted by molar-refractivity contribution is -0.147. The molecule has 0 radical (unpaired) electrons. The first-order chi connectivity index (χ1) is 9.40. The van der Waals surface area contributed by atoms with E-state index >= 15 is 0 Å². The molecule has 1 aliphatic rings. The van der Waals surface area contributed by atoms with Crippen molar-refractivity contribution < 1.29 is 14.4 Å². The van der Waals surface area contributed by atoms with Crippen molar-refractivity contribution in [2.45, 2.75) is 18.9 Å². The number of carbonyl (C=O) groups is 3. The van der Waals surface area contributed by atoms with Gasteiger partial charge in [0.15, 0.2) is 0 Å². The average Bonchev–Trinajstić information content (AvgIpc) is 2.42. The van der Waals surface area contributed by atoms with Crippen molar-refractivity contribution in [3.63, 3.8) is 0 Å². The van der Waals surface area contributed by atoms with Gasteiger partial charge in [0.1, 0.15) is 6.04 Å². The van der Waals surface area contributed by atoms with E-state index < -0.39 is 11.9 Å². The maximum absolute atomic E-state index is 12.1. The molecule has 1 aromatic rings. The molecular weight excluding hydrogens is 348 g/mol. The maximum atomic E-state index is 12.1. The fourth-order valence-electron chi connectivity index (χ4n) is 1.93. The number of hydrogen-bond donors (Lipinski definition) is 1. The van der Waals surface area contributed by atoms with Crippen LogP contribution in [0.4, 0.5) is 0 Å². The summed E-state index contributed by atoms with van der Waals surface area (Å²) in [6.45, 7) is 0. The van der Waals surface area contributed by atoms with Gasteiger partial charge in [0.05, 0.1) is 5.02 Å². The van der Waals surface area contributed by atoms with Crippen molar-refractivity contribution in [2.75, 3.05) is 7.05 Å². The van der Waals surface area contributed by atoms with Gasteiger partial charge in [-0.3, -0.25) is 19.3 Å². The molecule has 5 nitrogen and oxygen atoms in total. The zero-order valence-electron chi connectivity index (χ0n) is 10.7. The molecule has 2 rings (SSSR count). The molecule has 1 aromatic carbocycles.